The number of hydrogen-bond donors (Lipinski definition) is 0. The van der Waals surface area contributed by atoms with Crippen LogP contribution >= 0.6 is 22.6 Å². The van der Waals surface area contributed by atoms with Crippen molar-refractivity contribution in [3.63, 3.8) is 0 Å². The molecule has 1 nitrogen and oxygen atoms in total. The van der Waals surface area contributed by atoms with Crippen molar-refractivity contribution in [2.75, 3.05) is 4.61 Å². The van der Waals surface area contributed by atoms with E-state index in [-0.39, 0.29) is 0 Å². The molecule has 0 saturated heterocycles. The van der Waals surface area contributed by atoms with Gasteiger partial charge < -0.3 is 4.43 Å². The molecule has 0 aromatic rings. The Bertz CT molecular complexity index is 107. The van der Waals surface area contributed by atoms with Gasteiger partial charge in [0, 0.05) is 0 Å². The van der Waals surface area contributed by atoms with Crippen LogP contribution in [0.15, 0.2) is 0 Å². The lowest BCUT2D eigenvalue weighted by atomic mass is 10.2. The van der Waals surface area contributed by atoms with Crippen molar-refractivity contribution in [2.45, 2.75) is 38.9 Å². The Hall–Kier alpha value is 0.907. The van der Waals surface area contributed by atoms with E-state index in [1.165, 1.54) is 0 Å². The van der Waals surface area contributed by atoms with Crippen LogP contribution in [0, 0.1) is 0 Å². The highest BCUT2D eigenvalue weighted by Crippen LogP contribution is 2.36. The first kappa shape index (κ1) is 10.9. The maximum atomic E-state index is 5.72. The van der Waals surface area contributed by atoms with E-state index < -0.39 is 8.32 Å². The molecule has 0 spiro atoms. The molecule has 62 valence electrons. The third kappa shape index (κ3) is 2.88. The van der Waals surface area contributed by atoms with E-state index in [1.54, 1.807) is 0 Å². The van der Waals surface area contributed by atoms with Crippen LogP contribution in [0.25, 0.3) is 0 Å². The molecule has 0 saturated carbocycles. The standard InChI is InChI=1S/C7H17IOSi/c1-7(2,3)10(4,5)9-6-8/h6H2,1-5H3. The van der Waals surface area contributed by atoms with Gasteiger partial charge in [-0.25, -0.2) is 0 Å². The molecule has 0 unspecified atom stereocenters. The van der Waals surface area contributed by atoms with E-state index in [2.05, 4.69) is 56.5 Å². The van der Waals surface area contributed by atoms with Gasteiger partial charge in [0.15, 0.2) is 8.32 Å². The Morgan fingerprint density at radius 3 is 1.80 bits per heavy atom. The van der Waals surface area contributed by atoms with Gasteiger partial charge in [0.1, 0.15) is 0 Å². The Kier molecular flexibility index (Phi) is 3.86. The Labute approximate surface area is 78.8 Å². The molecular weight excluding hydrogens is 255 g/mol. The maximum Gasteiger partial charge on any atom is 0.193 e. The predicted molar refractivity (Wildman–Crippen MR) is 57.2 cm³/mol. The average Bonchev–Trinajstić information content (AvgIpc) is 1.61. The van der Waals surface area contributed by atoms with Crippen molar-refractivity contribution in [1.29, 1.82) is 0 Å². The van der Waals surface area contributed by atoms with E-state index in [4.69, 9.17) is 4.43 Å². The fourth-order valence-corrected chi connectivity index (χ4v) is 3.39. The second-order valence-corrected chi connectivity index (χ2v) is 9.45. The largest absolute Gasteiger partial charge is 0.408 e. The molecule has 0 aliphatic heterocycles. The number of rotatable bonds is 2. The molecule has 0 radical (unpaired) electrons. The molecule has 0 amide bonds. The van der Waals surface area contributed by atoms with Crippen LogP contribution in [0.2, 0.25) is 18.1 Å². The molecule has 0 aliphatic rings. The topological polar surface area (TPSA) is 9.23 Å². The van der Waals surface area contributed by atoms with Gasteiger partial charge in [-0.1, -0.05) is 43.4 Å². The summed E-state index contributed by atoms with van der Waals surface area (Å²) < 4.78 is 6.55. The first-order valence-corrected chi connectivity index (χ1v) is 7.94. The van der Waals surface area contributed by atoms with Gasteiger partial charge in [-0.15, -0.1) is 0 Å². The molecule has 0 rings (SSSR count). The SMILES string of the molecule is CC(C)(C)[Si](C)(C)OCI. The highest BCUT2D eigenvalue weighted by Gasteiger charge is 2.36. The smallest absolute Gasteiger partial charge is 0.193 e. The van der Waals surface area contributed by atoms with E-state index in [9.17, 15) is 0 Å². The fraction of sp³-hybridized carbons (Fsp3) is 1.00. The Morgan fingerprint density at radius 2 is 1.70 bits per heavy atom. The van der Waals surface area contributed by atoms with Crippen LogP contribution < -0.4 is 0 Å². The molecular formula is C7H17IOSi. The molecule has 0 fully saturated rings. The van der Waals surface area contributed by atoms with Crippen LogP contribution in [0.3, 0.4) is 0 Å². The highest BCUT2D eigenvalue weighted by molar-refractivity contribution is 14.1. The summed E-state index contributed by atoms with van der Waals surface area (Å²) in [6.45, 7) is 11.3. The number of hydrogen-bond acceptors (Lipinski definition) is 1. The van der Waals surface area contributed by atoms with E-state index in [1.807, 2.05) is 0 Å². The molecule has 0 bridgehead atoms. The minimum Gasteiger partial charge on any atom is -0.408 e. The zero-order valence-corrected chi connectivity index (χ0v) is 10.7. The van der Waals surface area contributed by atoms with Crippen molar-refractivity contribution in [2.24, 2.45) is 0 Å². The second-order valence-electron chi connectivity index (χ2n) is 4.01. The molecule has 3 heteroatoms. The van der Waals surface area contributed by atoms with Crippen LogP contribution in [0.5, 0.6) is 0 Å². The minimum absolute atomic E-state index is 0.359. The van der Waals surface area contributed by atoms with Crippen molar-refractivity contribution >= 4 is 30.9 Å². The average molecular weight is 272 g/mol. The zero-order valence-electron chi connectivity index (χ0n) is 7.49. The van der Waals surface area contributed by atoms with Crippen molar-refractivity contribution in [1.82, 2.24) is 0 Å². The summed E-state index contributed by atoms with van der Waals surface area (Å²) in [7, 11) is -1.41. The molecule has 0 atom stereocenters. The normalized spacial score (nSPS) is 13.8. The molecule has 0 aromatic heterocycles. The lowest BCUT2D eigenvalue weighted by Gasteiger charge is -2.35. The lowest BCUT2D eigenvalue weighted by Crippen LogP contribution is -2.40. The first-order valence-electron chi connectivity index (χ1n) is 3.51. The Morgan fingerprint density at radius 1 is 1.30 bits per heavy atom. The van der Waals surface area contributed by atoms with Crippen molar-refractivity contribution in [3.05, 3.63) is 0 Å². The van der Waals surface area contributed by atoms with Crippen molar-refractivity contribution < 1.29 is 4.43 Å². The van der Waals surface area contributed by atoms with Gasteiger partial charge in [-0.05, 0) is 18.1 Å². The summed E-state index contributed by atoms with van der Waals surface area (Å²) in [6.07, 6.45) is 0. The van der Waals surface area contributed by atoms with Crippen LogP contribution in [-0.4, -0.2) is 12.9 Å². The van der Waals surface area contributed by atoms with Gasteiger partial charge in [0.2, 0.25) is 0 Å². The van der Waals surface area contributed by atoms with E-state index in [0.29, 0.717) is 5.04 Å². The van der Waals surface area contributed by atoms with Crippen molar-refractivity contribution in [3.8, 4) is 0 Å². The monoisotopic (exact) mass is 272 g/mol. The lowest BCUT2D eigenvalue weighted by molar-refractivity contribution is 0.364. The first-order chi connectivity index (χ1) is 4.31. The van der Waals surface area contributed by atoms with Gasteiger partial charge in [-0.2, -0.15) is 0 Å². The van der Waals surface area contributed by atoms with Crippen LogP contribution in [0.4, 0.5) is 0 Å². The zero-order chi connectivity index (χ0) is 8.41. The summed E-state index contributed by atoms with van der Waals surface area (Å²) in [5.74, 6) is 0. The third-order valence-electron chi connectivity index (χ3n) is 2.22. The van der Waals surface area contributed by atoms with Crippen LogP contribution in [0.1, 0.15) is 20.8 Å². The molecule has 0 aliphatic carbocycles. The number of alkyl halides is 1. The maximum absolute atomic E-state index is 5.72. The van der Waals surface area contributed by atoms with E-state index in [0.717, 1.165) is 4.61 Å². The van der Waals surface area contributed by atoms with Gasteiger partial charge in [-0.3, -0.25) is 0 Å². The van der Waals surface area contributed by atoms with Gasteiger partial charge >= 0.3 is 0 Å². The van der Waals surface area contributed by atoms with E-state index >= 15 is 0 Å². The third-order valence-corrected chi connectivity index (χ3v) is 7.60. The van der Waals surface area contributed by atoms with Gasteiger partial charge in [0.25, 0.3) is 0 Å². The highest BCUT2D eigenvalue weighted by atomic mass is 127. The number of halogens is 1. The predicted octanol–water partition coefficient (Wildman–Crippen LogP) is 3.40. The summed E-state index contributed by atoms with van der Waals surface area (Å²) in [6, 6.07) is 0. The Balaban J connectivity index is 4.10. The van der Waals surface area contributed by atoms with Gasteiger partial charge in [0.05, 0.1) is 4.61 Å². The summed E-state index contributed by atoms with van der Waals surface area (Å²) in [5, 5.41) is 0.359. The molecule has 10 heavy (non-hydrogen) atoms. The summed E-state index contributed by atoms with van der Waals surface area (Å²) >= 11 is 2.27. The fourth-order valence-electron chi connectivity index (χ4n) is 0.353. The quantitative estimate of drug-likeness (QED) is 0.425. The molecule has 0 N–H and O–H groups in total. The minimum atomic E-state index is -1.41. The summed E-state index contributed by atoms with van der Waals surface area (Å²) in [4.78, 5) is 0. The molecule has 0 heterocycles. The second kappa shape index (κ2) is 3.54. The summed E-state index contributed by atoms with van der Waals surface area (Å²) in [5.41, 5.74) is 0. The van der Waals surface area contributed by atoms with Crippen LogP contribution in [-0.2, 0) is 4.43 Å². The molecule has 0 aromatic carbocycles.